The fourth-order valence-corrected chi connectivity index (χ4v) is 3.52. The minimum Gasteiger partial charge on any atom is -0.323 e. The van der Waals surface area contributed by atoms with Crippen molar-refractivity contribution in [3.63, 3.8) is 0 Å². The molecule has 3 unspecified atom stereocenters. The normalized spacial score (nSPS) is 23.1. The molecule has 1 aromatic carbocycles. The van der Waals surface area contributed by atoms with E-state index in [2.05, 4.69) is 65.7 Å². The number of unbranched alkanes of at least 4 members (excludes halogenated alkanes) is 1. The van der Waals surface area contributed by atoms with Gasteiger partial charge in [-0.05, 0) is 57.4 Å². The van der Waals surface area contributed by atoms with Crippen molar-refractivity contribution in [3.05, 3.63) is 29.0 Å². The Morgan fingerprint density at radius 3 is 2.58 bits per heavy atom. The van der Waals surface area contributed by atoms with Crippen molar-refractivity contribution in [1.82, 2.24) is 20.6 Å². The maximum atomic E-state index is 12.4. The fourth-order valence-electron chi connectivity index (χ4n) is 3.52. The summed E-state index contributed by atoms with van der Waals surface area (Å²) in [5.41, 5.74) is 4.28. The van der Waals surface area contributed by atoms with E-state index in [1.165, 1.54) is 11.1 Å². The number of nitrogens with one attached hydrogen (secondary N) is 3. The summed E-state index contributed by atoms with van der Waals surface area (Å²) in [5, 5.41) is 10.7. The number of carbonyl (C=O) groups excluding carboxylic acids is 1. The average molecular weight is 355 g/mol. The van der Waals surface area contributed by atoms with Gasteiger partial charge in [-0.2, -0.15) is 0 Å². The number of aryl methyl sites for hydroxylation is 3. The zero-order chi connectivity index (χ0) is 18.8. The second-order valence-corrected chi connectivity index (χ2v) is 7.38. The van der Waals surface area contributed by atoms with Crippen LogP contribution in [-0.4, -0.2) is 28.2 Å². The Morgan fingerprint density at radius 1 is 1.15 bits per heavy atom. The molecule has 1 aromatic heterocycles. The van der Waals surface area contributed by atoms with Crippen molar-refractivity contribution in [2.24, 2.45) is 5.92 Å². The molecule has 1 fully saturated rings. The molecule has 0 spiro atoms. The molecule has 1 aliphatic heterocycles. The lowest BCUT2D eigenvalue weighted by Crippen LogP contribution is -2.63. The van der Waals surface area contributed by atoms with E-state index in [-0.39, 0.29) is 24.2 Å². The summed E-state index contributed by atoms with van der Waals surface area (Å²) in [4.78, 5) is 21.6. The fraction of sp³-hybridized carbons (Fsp3) is 0.550. The molecular weight excluding hydrogens is 326 g/mol. The van der Waals surface area contributed by atoms with Crippen molar-refractivity contribution < 1.29 is 4.79 Å². The summed E-state index contributed by atoms with van der Waals surface area (Å²) in [7, 11) is 0. The molecule has 0 aliphatic carbocycles. The van der Waals surface area contributed by atoms with Gasteiger partial charge in [0.05, 0.1) is 17.1 Å². The summed E-state index contributed by atoms with van der Waals surface area (Å²) in [6, 6.07) is 4.32. The number of fused-ring (bicyclic) bond motifs is 1. The van der Waals surface area contributed by atoms with E-state index in [1.807, 2.05) is 6.92 Å². The van der Waals surface area contributed by atoms with Crippen LogP contribution in [0.1, 0.15) is 49.9 Å². The first kappa shape index (κ1) is 18.6. The van der Waals surface area contributed by atoms with Gasteiger partial charge >= 0.3 is 0 Å². The molecule has 140 valence electrons. The number of aromatic nitrogens is 2. The molecule has 2 aromatic rings. The highest BCUT2D eigenvalue weighted by atomic mass is 16.2. The Balaban J connectivity index is 1.77. The third kappa shape index (κ3) is 3.80. The highest BCUT2D eigenvalue weighted by Crippen LogP contribution is 2.22. The second kappa shape index (κ2) is 7.58. The van der Waals surface area contributed by atoms with Crippen LogP contribution < -0.4 is 16.0 Å². The first-order valence-electron chi connectivity index (χ1n) is 9.47. The van der Waals surface area contributed by atoms with Crippen LogP contribution in [0.15, 0.2) is 12.1 Å². The summed E-state index contributed by atoms with van der Waals surface area (Å²) in [5.74, 6) is 0.624. The molecule has 3 N–H and O–H groups in total. The van der Waals surface area contributed by atoms with Crippen LogP contribution in [0.25, 0.3) is 10.9 Å². The van der Waals surface area contributed by atoms with Gasteiger partial charge in [-0.25, -0.2) is 9.97 Å². The molecule has 0 radical (unpaired) electrons. The van der Waals surface area contributed by atoms with Crippen LogP contribution >= 0.6 is 0 Å². The SMILES string of the molecule is CCCCC1C(=O)NC(Nc2nc(C)c3cc(C)c(C)cc3n2)NC1C. The van der Waals surface area contributed by atoms with Crippen LogP contribution in [0.5, 0.6) is 0 Å². The van der Waals surface area contributed by atoms with Gasteiger partial charge in [-0.3, -0.25) is 10.1 Å². The topological polar surface area (TPSA) is 78.9 Å². The lowest BCUT2D eigenvalue weighted by Gasteiger charge is -2.36. The highest BCUT2D eigenvalue weighted by Gasteiger charge is 2.33. The molecule has 3 atom stereocenters. The zero-order valence-corrected chi connectivity index (χ0v) is 16.3. The maximum absolute atomic E-state index is 12.4. The van der Waals surface area contributed by atoms with Crippen LogP contribution in [0.2, 0.25) is 0 Å². The van der Waals surface area contributed by atoms with Crippen LogP contribution in [-0.2, 0) is 4.79 Å². The number of nitrogens with zero attached hydrogens (tertiary/aromatic N) is 2. The van der Waals surface area contributed by atoms with E-state index >= 15 is 0 Å². The molecule has 6 heteroatoms. The third-order valence-corrected chi connectivity index (χ3v) is 5.30. The van der Waals surface area contributed by atoms with Crippen molar-refractivity contribution >= 4 is 22.8 Å². The van der Waals surface area contributed by atoms with Gasteiger partial charge < -0.3 is 10.6 Å². The predicted molar refractivity (Wildman–Crippen MR) is 105 cm³/mol. The number of carbonyl (C=O) groups is 1. The standard InChI is InChI=1S/C20H29N5O/c1-6-7-8-15-13(4)21-20(24-18(15)26)25-19-22-14(5)16-9-11(2)12(3)10-17(16)23-19/h9-10,13,15,20-21H,6-8H2,1-5H3,(H,24,26)(H,22,23,25). The van der Waals surface area contributed by atoms with E-state index < -0.39 is 0 Å². The number of benzene rings is 1. The molecule has 2 heterocycles. The lowest BCUT2D eigenvalue weighted by molar-refractivity contribution is -0.129. The van der Waals surface area contributed by atoms with E-state index in [9.17, 15) is 4.79 Å². The number of hydrogen-bond acceptors (Lipinski definition) is 5. The molecule has 1 amide bonds. The van der Waals surface area contributed by atoms with E-state index in [1.54, 1.807) is 0 Å². The molecule has 0 bridgehead atoms. The summed E-state index contributed by atoms with van der Waals surface area (Å²) in [6.45, 7) is 10.4. The summed E-state index contributed by atoms with van der Waals surface area (Å²) >= 11 is 0. The highest BCUT2D eigenvalue weighted by molar-refractivity contribution is 5.84. The number of hydrogen-bond donors (Lipinski definition) is 3. The van der Waals surface area contributed by atoms with Crippen molar-refractivity contribution in [3.8, 4) is 0 Å². The van der Waals surface area contributed by atoms with Crippen molar-refractivity contribution in [2.45, 2.75) is 66.2 Å². The third-order valence-electron chi connectivity index (χ3n) is 5.30. The number of amides is 1. The second-order valence-electron chi connectivity index (χ2n) is 7.38. The monoisotopic (exact) mass is 355 g/mol. The Labute approximate surface area is 155 Å². The molecule has 0 saturated carbocycles. The quantitative estimate of drug-likeness (QED) is 0.768. The van der Waals surface area contributed by atoms with Crippen molar-refractivity contribution in [2.75, 3.05) is 5.32 Å². The predicted octanol–water partition coefficient (Wildman–Crippen LogP) is 3.16. The maximum Gasteiger partial charge on any atom is 0.227 e. The molecule has 1 saturated heterocycles. The largest absolute Gasteiger partial charge is 0.323 e. The molecular formula is C20H29N5O. The van der Waals surface area contributed by atoms with E-state index in [0.29, 0.717) is 5.95 Å². The summed E-state index contributed by atoms with van der Waals surface area (Å²) < 4.78 is 0. The van der Waals surface area contributed by atoms with Crippen molar-refractivity contribution in [1.29, 1.82) is 0 Å². The first-order chi connectivity index (χ1) is 12.4. The van der Waals surface area contributed by atoms with Gasteiger partial charge in [-0.1, -0.05) is 19.8 Å². The molecule has 1 aliphatic rings. The molecule has 26 heavy (non-hydrogen) atoms. The van der Waals surface area contributed by atoms with Gasteiger partial charge in [0.25, 0.3) is 0 Å². The minimum atomic E-state index is -0.362. The summed E-state index contributed by atoms with van der Waals surface area (Å²) in [6.07, 6.45) is 2.71. The van der Waals surface area contributed by atoms with Gasteiger partial charge in [-0.15, -0.1) is 0 Å². The van der Waals surface area contributed by atoms with Gasteiger partial charge in [0.1, 0.15) is 0 Å². The number of anilines is 1. The first-order valence-corrected chi connectivity index (χ1v) is 9.47. The van der Waals surface area contributed by atoms with Gasteiger partial charge in [0.15, 0.2) is 6.29 Å². The lowest BCUT2D eigenvalue weighted by atomic mass is 9.92. The number of rotatable bonds is 5. The Morgan fingerprint density at radius 2 is 1.88 bits per heavy atom. The Hall–Kier alpha value is -2.21. The smallest absolute Gasteiger partial charge is 0.227 e. The molecule has 6 nitrogen and oxygen atoms in total. The van der Waals surface area contributed by atoms with E-state index in [4.69, 9.17) is 0 Å². The zero-order valence-electron chi connectivity index (χ0n) is 16.3. The van der Waals surface area contributed by atoms with Crippen LogP contribution in [0.4, 0.5) is 5.95 Å². The van der Waals surface area contributed by atoms with Gasteiger partial charge in [0, 0.05) is 11.4 Å². The minimum absolute atomic E-state index is 0.0119. The Kier molecular flexibility index (Phi) is 5.41. The average Bonchev–Trinajstić information content (AvgIpc) is 2.56. The molecule has 3 rings (SSSR count). The Bertz CT molecular complexity index is 819. The van der Waals surface area contributed by atoms with Crippen LogP contribution in [0, 0.1) is 26.7 Å². The van der Waals surface area contributed by atoms with Gasteiger partial charge in [0.2, 0.25) is 11.9 Å². The van der Waals surface area contributed by atoms with E-state index in [0.717, 1.165) is 35.9 Å². The van der Waals surface area contributed by atoms with Crippen LogP contribution in [0.3, 0.4) is 0 Å².